The third kappa shape index (κ3) is 2.65. The number of fused-ring (bicyclic) bond motifs is 1. The van der Waals surface area contributed by atoms with Gasteiger partial charge in [-0.15, -0.1) is 0 Å². The molecule has 2 heterocycles. The number of benzene rings is 1. The predicted molar refractivity (Wildman–Crippen MR) is 77.6 cm³/mol. The Morgan fingerprint density at radius 2 is 2.30 bits per heavy atom. The van der Waals surface area contributed by atoms with Crippen LogP contribution in [0.1, 0.15) is 12.1 Å². The van der Waals surface area contributed by atoms with E-state index in [0.717, 1.165) is 41.9 Å². The Morgan fingerprint density at radius 3 is 3.15 bits per heavy atom. The van der Waals surface area contributed by atoms with Crippen LogP contribution in [-0.2, 0) is 4.79 Å². The number of pyridine rings is 1. The van der Waals surface area contributed by atoms with Crippen LogP contribution >= 0.6 is 0 Å². The second kappa shape index (κ2) is 5.59. The van der Waals surface area contributed by atoms with Gasteiger partial charge < -0.3 is 4.74 Å². The zero-order valence-corrected chi connectivity index (χ0v) is 11.5. The Hall–Kier alpha value is -1.94. The van der Waals surface area contributed by atoms with Crippen LogP contribution in [0, 0.1) is 6.92 Å². The van der Waals surface area contributed by atoms with E-state index in [-0.39, 0.29) is 6.10 Å². The van der Waals surface area contributed by atoms with Crippen LogP contribution in [0.15, 0.2) is 30.3 Å². The van der Waals surface area contributed by atoms with Crippen molar-refractivity contribution in [3.63, 3.8) is 0 Å². The van der Waals surface area contributed by atoms with Gasteiger partial charge in [0.15, 0.2) is 0 Å². The molecule has 1 radical (unpaired) electrons. The average molecular weight is 269 g/mol. The number of ether oxygens (including phenoxy) is 1. The number of rotatable bonds is 4. The van der Waals surface area contributed by atoms with Crippen LogP contribution in [-0.4, -0.2) is 41.9 Å². The van der Waals surface area contributed by atoms with Gasteiger partial charge in [-0.2, -0.15) is 0 Å². The molecule has 0 amide bonds. The van der Waals surface area contributed by atoms with Crippen LogP contribution in [0.5, 0.6) is 5.75 Å². The number of likely N-dealkylation sites (tertiary alicyclic amines) is 1. The van der Waals surface area contributed by atoms with Crippen LogP contribution in [0.2, 0.25) is 0 Å². The molecule has 0 saturated carbocycles. The van der Waals surface area contributed by atoms with Gasteiger partial charge in [0.05, 0.1) is 6.54 Å². The predicted octanol–water partition coefficient (Wildman–Crippen LogP) is 2.11. The third-order valence-electron chi connectivity index (χ3n) is 3.63. The fourth-order valence-electron chi connectivity index (χ4n) is 2.62. The highest BCUT2D eigenvalue weighted by atomic mass is 16.5. The molecule has 0 unspecified atom stereocenters. The Kier molecular flexibility index (Phi) is 3.65. The smallest absolute Gasteiger partial charge is 0.213 e. The molecule has 103 valence electrons. The summed E-state index contributed by atoms with van der Waals surface area (Å²) in [5, 5.41) is 1.09. The fourth-order valence-corrected chi connectivity index (χ4v) is 2.62. The standard InChI is InChI=1S/C16H17N2O2/c1-12-5-6-13-3-2-4-15(16(13)17-12)20-14-7-8-18(11-14)9-10-19/h2-6,14H,7-9,11H2,1H3/t14-/m0/s1. The molecular weight excluding hydrogens is 252 g/mol. The summed E-state index contributed by atoms with van der Waals surface area (Å²) in [6.45, 7) is 4.01. The largest absolute Gasteiger partial charge is 0.487 e. The van der Waals surface area contributed by atoms with Gasteiger partial charge in [0.2, 0.25) is 6.29 Å². The van der Waals surface area contributed by atoms with Gasteiger partial charge >= 0.3 is 0 Å². The monoisotopic (exact) mass is 269 g/mol. The molecule has 0 spiro atoms. The van der Waals surface area contributed by atoms with Crippen molar-refractivity contribution in [3.8, 4) is 5.75 Å². The molecule has 1 aromatic heterocycles. The summed E-state index contributed by atoms with van der Waals surface area (Å²) in [5.74, 6) is 0.827. The molecule has 0 N–H and O–H groups in total. The minimum Gasteiger partial charge on any atom is -0.487 e. The van der Waals surface area contributed by atoms with Gasteiger partial charge in [-0.05, 0) is 25.5 Å². The number of hydrogen-bond donors (Lipinski definition) is 0. The first-order chi connectivity index (χ1) is 9.76. The van der Waals surface area contributed by atoms with Crippen molar-refractivity contribution in [2.75, 3.05) is 19.6 Å². The summed E-state index contributed by atoms with van der Waals surface area (Å²) in [7, 11) is 0. The van der Waals surface area contributed by atoms with E-state index in [1.807, 2.05) is 37.5 Å². The summed E-state index contributed by atoms with van der Waals surface area (Å²) in [5.41, 5.74) is 1.89. The van der Waals surface area contributed by atoms with E-state index in [9.17, 15) is 4.79 Å². The zero-order valence-electron chi connectivity index (χ0n) is 11.5. The highest BCUT2D eigenvalue weighted by Crippen LogP contribution is 2.26. The van der Waals surface area contributed by atoms with E-state index in [4.69, 9.17) is 4.74 Å². The van der Waals surface area contributed by atoms with E-state index in [2.05, 4.69) is 16.0 Å². The summed E-state index contributed by atoms with van der Waals surface area (Å²) < 4.78 is 6.09. The van der Waals surface area contributed by atoms with Gasteiger partial charge in [-0.3, -0.25) is 9.69 Å². The zero-order chi connectivity index (χ0) is 13.9. The fraction of sp³-hybridized carbons (Fsp3) is 0.375. The molecule has 1 fully saturated rings. The molecule has 1 aromatic carbocycles. The summed E-state index contributed by atoms with van der Waals surface area (Å²) in [6, 6.07) is 10.1. The normalized spacial score (nSPS) is 19.4. The van der Waals surface area contributed by atoms with Crippen LogP contribution in [0.3, 0.4) is 0 Å². The lowest BCUT2D eigenvalue weighted by atomic mass is 10.2. The van der Waals surface area contributed by atoms with E-state index >= 15 is 0 Å². The van der Waals surface area contributed by atoms with Gasteiger partial charge in [0, 0.05) is 24.2 Å². The van der Waals surface area contributed by atoms with Crippen molar-refractivity contribution < 1.29 is 9.53 Å². The topological polar surface area (TPSA) is 42.4 Å². The molecule has 1 atom stereocenters. The number of hydrogen-bond acceptors (Lipinski definition) is 4. The van der Waals surface area contributed by atoms with E-state index in [1.54, 1.807) is 0 Å². The average Bonchev–Trinajstić information content (AvgIpc) is 2.87. The molecule has 1 aliphatic heterocycles. The lowest BCUT2D eigenvalue weighted by Crippen LogP contribution is -2.26. The Morgan fingerprint density at radius 1 is 1.40 bits per heavy atom. The Bertz CT molecular complexity index is 627. The molecule has 0 bridgehead atoms. The van der Waals surface area contributed by atoms with Crippen LogP contribution in [0.25, 0.3) is 10.9 Å². The number of para-hydroxylation sites is 1. The quantitative estimate of drug-likeness (QED) is 0.852. The third-order valence-corrected chi connectivity index (χ3v) is 3.63. The van der Waals surface area contributed by atoms with Crippen molar-refractivity contribution in [3.05, 3.63) is 36.0 Å². The highest BCUT2D eigenvalue weighted by molar-refractivity contribution is 5.84. The van der Waals surface area contributed by atoms with Crippen molar-refractivity contribution in [1.29, 1.82) is 0 Å². The number of carbonyl (C=O) groups excluding carboxylic acids is 1. The molecule has 20 heavy (non-hydrogen) atoms. The molecule has 4 nitrogen and oxygen atoms in total. The summed E-state index contributed by atoms with van der Waals surface area (Å²) in [4.78, 5) is 17.0. The van der Waals surface area contributed by atoms with Gasteiger partial charge in [-0.25, -0.2) is 4.98 Å². The Labute approximate surface area is 118 Å². The molecule has 0 aliphatic carbocycles. The maximum atomic E-state index is 10.4. The van der Waals surface area contributed by atoms with E-state index in [0.29, 0.717) is 6.54 Å². The second-order valence-electron chi connectivity index (χ2n) is 5.19. The first kappa shape index (κ1) is 13.1. The molecule has 3 rings (SSSR count). The minimum absolute atomic E-state index is 0.122. The first-order valence-electron chi connectivity index (χ1n) is 6.86. The molecule has 2 aromatic rings. The van der Waals surface area contributed by atoms with Gasteiger partial charge in [-0.1, -0.05) is 18.2 Å². The van der Waals surface area contributed by atoms with Crippen molar-refractivity contribution in [2.24, 2.45) is 0 Å². The SMILES string of the molecule is Cc1ccc2cccc(O[C@H]3CCN(C[C]=O)C3)c2n1. The van der Waals surface area contributed by atoms with Gasteiger partial charge in [0.25, 0.3) is 0 Å². The van der Waals surface area contributed by atoms with Crippen LogP contribution < -0.4 is 4.74 Å². The van der Waals surface area contributed by atoms with Crippen molar-refractivity contribution in [1.82, 2.24) is 9.88 Å². The lowest BCUT2D eigenvalue weighted by molar-refractivity contribution is 0.207. The minimum atomic E-state index is 0.122. The number of aryl methyl sites for hydroxylation is 1. The summed E-state index contributed by atoms with van der Waals surface area (Å²) >= 11 is 0. The maximum Gasteiger partial charge on any atom is 0.213 e. The molecule has 1 saturated heterocycles. The Balaban J connectivity index is 1.81. The van der Waals surface area contributed by atoms with Crippen molar-refractivity contribution >= 4 is 17.2 Å². The first-order valence-corrected chi connectivity index (χ1v) is 6.86. The van der Waals surface area contributed by atoms with Crippen molar-refractivity contribution in [2.45, 2.75) is 19.4 Å². The second-order valence-corrected chi connectivity index (χ2v) is 5.19. The lowest BCUT2D eigenvalue weighted by Gasteiger charge is -2.16. The summed E-state index contributed by atoms with van der Waals surface area (Å²) in [6.07, 6.45) is 3.00. The van der Waals surface area contributed by atoms with Gasteiger partial charge in [0.1, 0.15) is 17.4 Å². The maximum absolute atomic E-state index is 10.4. The highest BCUT2D eigenvalue weighted by Gasteiger charge is 2.24. The molecule has 4 heteroatoms. The van der Waals surface area contributed by atoms with E-state index in [1.165, 1.54) is 0 Å². The molecular formula is C16H17N2O2. The molecule has 1 aliphatic rings. The number of aromatic nitrogens is 1. The number of nitrogens with zero attached hydrogens (tertiary/aromatic N) is 2. The van der Waals surface area contributed by atoms with E-state index < -0.39 is 0 Å². The van der Waals surface area contributed by atoms with Crippen LogP contribution in [0.4, 0.5) is 0 Å².